The molecule has 0 saturated heterocycles. The summed E-state index contributed by atoms with van der Waals surface area (Å²) in [5.74, 6) is 0.927. The molecule has 94 valence electrons. The zero-order valence-electron chi connectivity index (χ0n) is 10.8. The van der Waals surface area contributed by atoms with Crippen molar-refractivity contribution in [2.75, 3.05) is 25.6 Å². The van der Waals surface area contributed by atoms with Crippen molar-refractivity contribution in [3.63, 3.8) is 0 Å². The Morgan fingerprint density at radius 2 is 2.00 bits per heavy atom. The second-order valence-corrected chi connectivity index (χ2v) is 5.15. The molecule has 2 rings (SSSR count). The van der Waals surface area contributed by atoms with Crippen LogP contribution in [-0.4, -0.2) is 25.4 Å². The van der Waals surface area contributed by atoms with E-state index in [0.717, 1.165) is 36.4 Å². The van der Waals surface area contributed by atoms with E-state index in [4.69, 9.17) is 4.74 Å². The molecule has 17 heavy (non-hydrogen) atoms. The molecule has 1 saturated carbocycles. The number of anilines is 1. The Hall–Kier alpha value is -1.22. The van der Waals surface area contributed by atoms with Crippen LogP contribution in [0.2, 0.25) is 0 Å². The first kappa shape index (κ1) is 12.2. The largest absolute Gasteiger partial charge is 0.496 e. The molecule has 1 aromatic rings. The summed E-state index contributed by atoms with van der Waals surface area (Å²) in [7, 11) is 1.69. The molecule has 0 aliphatic heterocycles. The highest BCUT2D eigenvalue weighted by Gasteiger charge is 2.41. The summed E-state index contributed by atoms with van der Waals surface area (Å²) in [4.78, 5) is 0. The van der Waals surface area contributed by atoms with Crippen molar-refractivity contribution in [1.82, 2.24) is 0 Å². The lowest BCUT2D eigenvalue weighted by atomic mass is 10.1. The lowest BCUT2D eigenvalue weighted by Gasteiger charge is -2.17. The number of hydrogen-bond acceptors (Lipinski definition) is 3. The van der Waals surface area contributed by atoms with E-state index in [1.807, 2.05) is 6.92 Å². The fourth-order valence-corrected chi connectivity index (χ4v) is 2.05. The molecule has 0 unspecified atom stereocenters. The smallest absolute Gasteiger partial charge is 0.122 e. The van der Waals surface area contributed by atoms with Gasteiger partial charge >= 0.3 is 0 Å². The van der Waals surface area contributed by atoms with Gasteiger partial charge in [-0.2, -0.15) is 0 Å². The van der Waals surface area contributed by atoms with E-state index in [1.165, 1.54) is 5.56 Å². The highest BCUT2D eigenvalue weighted by Crippen LogP contribution is 2.45. The van der Waals surface area contributed by atoms with E-state index in [0.29, 0.717) is 0 Å². The normalized spacial score (nSPS) is 16.7. The summed E-state index contributed by atoms with van der Waals surface area (Å²) in [6, 6.07) is 4.16. The summed E-state index contributed by atoms with van der Waals surface area (Å²) in [6.45, 7) is 5.26. The lowest BCUT2D eigenvalue weighted by molar-refractivity contribution is 0.220. The minimum Gasteiger partial charge on any atom is -0.496 e. The Kier molecular flexibility index (Phi) is 3.29. The average molecular weight is 235 g/mol. The average Bonchev–Trinajstić information content (AvgIpc) is 3.10. The van der Waals surface area contributed by atoms with Crippen molar-refractivity contribution in [3.05, 3.63) is 23.3 Å². The van der Waals surface area contributed by atoms with Crippen molar-refractivity contribution in [1.29, 1.82) is 0 Å². The maximum absolute atomic E-state index is 9.28. The third-order valence-electron chi connectivity index (χ3n) is 3.69. The molecule has 1 fully saturated rings. The number of aryl methyl sites for hydroxylation is 2. The van der Waals surface area contributed by atoms with Crippen LogP contribution >= 0.6 is 0 Å². The van der Waals surface area contributed by atoms with Crippen molar-refractivity contribution in [2.45, 2.75) is 26.7 Å². The van der Waals surface area contributed by atoms with E-state index in [9.17, 15) is 5.11 Å². The van der Waals surface area contributed by atoms with Gasteiger partial charge in [-0.25, -0.2) is 0 Å². The lowest BCUT2D eigenvalue weighted by Crippen LogP contribution is -2.19. The van der Waals surface area contributed by atoms with Gasteiger partial charge in [-0.15, -0.1) is 0 Å². The van der Waals surface area contributed by atoms with Crippen molar-refractivity contribution in [3.8, 4) is 5.75 Å². The maximum atomic E-state index is 9.28. The second-order valence-electron chi connectivity index (χ2n) is 5.15. The van der Waals surface area contributed by atoms with Gasteiger partial charge in [0.2, 0.25) is 0 Å². The minimum atomic E-state index is 0.139. The van der Waals surface area contributed by atoms with Crippen LogP contribution in [0.4, 0.5) is 5.69 Å². The molecule has 1 aromatic carbocycles. The Morgan fingerprint density at radius 1 is 1.29 bits per heavy atom. The summed E-state index contributed by atoms with van der Waals surface area (Å²) in [5, 5.41) is 12.7. The Balaban J connectivity index is 2.08. The van der Waals surface area contributed by atoms with E-state index < -0.39 is 0 Å². The molecule has 0 radical (unpaired) electrons. The third kappa shape index (κ3) is 2.55. The van der Waals surface area contributed by atoms with Crippen LogP contribution in [0, 0.1) is 19.3 Å². The fourth-order valence-electron chi connectivity index (χ4n) is 2.05. The van der Waals surface area contributed by atoms with Gasteiger partial charge in [0, 0.05) is 17.6 Å². The number of aliphatic hydroxyl groups is 1. The molecule has 3 heteroatoms. The summed E-state index contributed by atoms with van der Waals surface area (Å²) in [5.41, 5.74) is 3.60. The molecule has 0 bridgehead atoms. The zero-order valence-corrected chi connectivity index (χ0v) is 10.8. The van der Waals surface area contributed by atoms with Crippen LogP contribution in [0.3, 0.4) is 0 Å². The van der Waals surface area contributed by atoms with Crippen molar-refractivity contribution in [2.24, 2.45) is 5.41 Å². The molecular formula is C14H21NO2. The van der Waals surface area contributed by atoms with Gasteiger partial charge in [0.15, 0.2) is 0 Å². The van der Waals surface area contributed by atoms with Crippen molar-refractivity contribution < 1.29 is 9.84 Å². The second kappa shape index (κ2) is 4.57. The third-order valence-corrected chi connectivity index (χ3v) is 3.69. The highest BCUT2D eigenvalue weighted by molar-refractivity contribution is 5.57. The number of hydrogen-bond donors (Lipinski definition) is 2. The van der Waals surface area contributed by atoms with Crippen LogP contribution in [-0.2, 0) is 0 Å². The van der Waals surface area contributed by atoms with Crippen LogP contribution in [0.5, 0.6) is 5.75 Å². The topological polar surface area (TPSA) is 41.5 Å². The van der Waals surface area contributed by atoms with E-state index in [2.05, 4.69) is 24.4 Å². The molecule has 0 atom stereocenters. The summed E-state index contributed by atoms with van der Waals surface area (Å²) in [6.07, 6.45) is 2.26. The number of benzene rings is 1. The Morgan fingerprint density at radius 3 is 2.53 bits per heavy atom. The zero-order chi connectivity index (χ0) is 12.5. The Bertz CT molecular complexity index is 411. The van der Waals surface area contributed by atoms with Gasteiger partial charge in [-0.05, 0) is 49.9 Å². The molecule has 3 nitrogen and oxygen atoms in total. The van der Waals surface area contributed by atoms with Crippen LogP contribution in [0.1, 0.15) is 24.0 Å². The number of methoxy groups -OCH3 is 1. The number of nitrogens with one attached hydrogen (secondary N) is 1. The summed E-state index contributed by atoms with van der Waals surface area (Å²) >= 11 is 0. The quantitative estimate of drug-likeness (QED) is 0.824. The van der Waals surface area contributed by atoms with E-state index in [-0.39, 0.29) is 12.0 Å². The predicted octanol–water partition coefficient (Wildman–Crippen LogP) is 2.50. The van der Waals surface area contributed by atoms with Crippen LogP contribution < -0.4 is 10.1 Å². The monoisotopic (exact) mass is 235 g/mol. The number of aliphatic hydroxyl groups excluding tert-OH is 1. The first-order valence-corrected chi connectivity index (χ1v) is 6.10. The SMILES string of the molecule is COc1cc(C)c(NCC2(CO)CC2)cc1C. The molecule has 0 aromatic heterocycles. The fraction of sp³-hybridized carbons (Fsp3) is 0.571. The van der Waals surface area contributed by atoms with Crippen molar-refractivity contribution >= 4 is 5.69 Å². The molecule has 1 aliphatic carbocycles. The Labute approximate surface area is 103 Å². The van der Waals surface area contributed by atoms with Gasteiger partial charge in [-0.1, -0.05) is 0 Å². The summed E-state index contributed by atoms with van der Waals surface area (Å²) < 4.78 is 5.29. The predicted molar refractivity (Wildman–Crippen MR) is 69.7 cm³/mol. The van der Waals surface area contributed by atoms with Crippen LogP contribution in [0.15, 0.2) is 12.1 Å². The molecule has 2 N–H and O–H groups in total. The first-order chi connectivity index (χ1) is 8.10. The maximum Gasteiger partial charge on any atom is 0.122 e. The molecule has 0 spiro atoms. The molecule has 1 aliphatic rings. The van der Waals surface area contributed by atoms with Gasteiger partial charge in [0.05, 0.1) is 13.7 Å². The molecular weight excluding hydrogens is 214 g/mol. The molecule has 0 heterocycles. The minimum absolute atomic E-state index is 0.139. The molecule has 0 amide bonds. The van der Waals surface area contributed by atoms with Crippen LogP contribution in [0.25, 0.3) is 0 Å². The van der Waals surface area contributed by atoms with Gasteiger partial charge in [0.1, 0.15) is 5.75 Å². The number of ether oxygens (including phenoxy) is 1. The van der Waals surface area contributed by atoms with Gasteiger partial charge in [0.25, 0.3) is 0 Å². The van der Waals surface area contributed by atoms with E-state index >= 15 is 0 Å². The highest BCUT2D eigenvalue weighted by atomic mass is 16.5. The standard InChI is InChI=1S/C14H21NO2/c1-10-7-13(17-3)11(2)6-12(10)15-8-14(9-16)4-5-14/h6-7,15-16H,4-5,8-9H2,1-3H3. The first-order valence-electron chi connectivity index (χ1n) is 6.10. The number of rotatable bonds is 5. The van der Waals surface area contributed by atoms with Gasteiger partial charge in [-0.3, -0.25) is 0 Å². The van der Waals surface area contributed by atoms with Gasteiger partial charge < -0.3 is 15.2 Å². The van der Waals surface area contributed by atoms with E-state index in [1.54, 1.807) is 7.11 Å².